The maximum Gasteiger partial charge on any atom is 0.266 e. The van der Waals surface area contributed by atoms with Crippen LogP contribution in [0.25, 0.3) is 5.57 Å². The average molecular weight is 511 g/mol. The number of anilines is 2. The van der Waals surface area contributed by atoms with E-state index >= 15 is 0 Å². The number of aromatic nitrogens is 1. The molecule has 1 aliphatic rings. The molecular formula is C22H21ClF2N4O2S2. The minimum absolute atomic E-state index is 0.0479. The number of sulfonamides is 1. The molecule has 0 saturated heterocycles. The molecule has 0 radical (unpaired) electrons. The van der Waals surface area contributed by atoms with Crippen molar-refractivity contribution in [2.75, 3.05) is 16.6 Å². The van der Waals surface area contributed by atoms with Gasteiger partial charge in [0.25, 0.3) is 10.0 Å². The predicted molar refractivity (Wildman–Crippen MR) is 128 cm³/mol. The van der Waals surface area contributed by atoms with Crippen molar-refractivity contribution >= 4 is 50.0 Å². The lowest BCUT2D eigenvalue weighted by Gasteiger charge is -2.31. The summed E-state index contributed by atoms with van der Waals surface area (Å²) in [6.07, 6.45) is 3.65. The summed E-state index contributed by atoms with van der Waals surface area (Å²) in [4.78, 5) is 3.27. The third kappa shape index (κ3) is 5.35. The van der Waals surface area contributed by atoms with Gasteiger partial charge in [-0.1, -0.05) is 29.8 Å². The lowest BCUT2D eigenvalue weighted by Crippen LogP contribution is -2.37. The highest BCUT2D eigenvalue weighted by Crippen LogP contribution is 2.34. The fourth-order valence-electron chi connectivity index (χ4n) is 3.80. The highest BCUT2D eigenvalue weighted by molar-refractivity contribution is 7.92. The second-order valence-corrected chi connectivity index (χ2v) is 10.4. The molecule has 2 aromatic carbocycles. The molecule has 0 amide bonds. The molecule has 0 aliphatic heterocycles. The Bertz CT molecular complexity index is 1270. The highest BCUT2D eigenvalue weighted by Gasteiger charge is 2.27. The number of hydrogen-bond acceptors (Lipinski definition) is 6. The molecule has 1 aromatic heterocycles. The van der Waals surface area contributed by atoms with Crippen molar-refractivity contribution in [2.45, 2.75) is 23.8 Å². The Kier molecular flexibility index (Phi) is 6.99. The Morgan fingerprint density at radius 2 is 1.97 bits per heavy atom. The summed E-state index contributed by atoms with van der Waals surface area (Å²) in [5, 5.41) is 4.64. The van der Waals surface area contributed by atoms with Gasteiger partial charge in [-0.15, -0.1) is 11.3 Å². The van der Waals surface area contributed by atoms with E-state index in [1.165, 1.54) is 34.4 Å². The molecule has 0 unspecified atom stereocenters. The first-order chi connectivity index (χ1) is 15.7. The van der Waals surface area contributed by atoms with Crippen molar-refractivity contribution < 1.29 is 17.2 Å². The monoisotopic (exact) mass is 510 g/mol. The van der Waals surface area contributed by atoms with E-state index in [0.29, 0.717) is 6.54 Å². The van der Waals surface area contributed by atoms with Gasteiger partial charge in [0.1, 0.15) is 16.5 Å². The Morgan fingerprint density at radius 3 is 2.67 bits per heavy atom. The summed E-state index contributed by atoms with van der Waals surface area (Å²) in [5.41, 5.74) is 9.91. The lowest BCUT2D eigenvalue weighted by atomic mass is 9.80. The molecule has 174 valence electrons. The number of allylic oxidation sites excluding steroid dienone is 1. The molecule has 4 rings (SSSR count). The van der Waals surface area contributed by atoms with Gasteiger partial charge in [-0.05, 0) is 48.2 Å². The minimum Gasteiger partial charge on any atom is -0.383 e. The smallest absolute Gasteiger partial charge is 0.266 e. The SMILES string of the molecule is N[C@@H]1CCC=C(c2ccc(F)cc2)[C@H]1CNc1cc(F)c(S(=O)(=O)Nc2cscn2)cc1Cl. The van der Waals surface area contributed by atoms with Crippen LogP contribution in [0.3, 0.4) is 0 Å². The number of halogens is 3. The quantitative estimate of drug-likeness (QED) is 0.410. The van der Waals surface area contributed by atoms with Crippen molar-refractivity contribution in [3.8, 4) is 0 Å². The average Bonchev–Trinajstić information content (AvgIpc) is 3.27. The molecule has 6 nitrogen and oxygen atoms in total. The second-order valence-electron chi connectivity index (χ2n) is 7.64. The van der Waals surface area contributed by atoms with Gasteiger partial charge in [-0.2, -0.15) is 0 Å². The molecule has 3 aromatic rings. The van der Waals surface area contributed by atoms with E-state index in [-0.39, 0.29) is 34.3 Å². The Balaban J connectivity index is 1.54. The first kappa shape index (κ1) is 23.6. The van der Waals surface area contributed by atoms with E-state index in [0.717, 1.165) is 36.1 Å². The van der Waals surface area contributed by atoms with E-state index < -0.39 is 20.7 Å². The Hall–Kier alpha value is -2.53. The molecule has 0 fully saturated rings. The van der Waals surface area contributed by atoms with Crippen molar-refractivity contribution in [3.63, 3.8) is 0 Å². The third-order valence-corrected chi connectivity index (χ3v) is 7.72. The summed E-state index contributed by atoms with van der Waals surface area (Å²) in [7, 11) is -4.20. The van der Waals surface area contributed by atoms with E-state index in [1.807, 2.05) is 0 Å². The van der Waals surface area contributed by atoms with Crippen LogP contribution in [0, 0.1) is 17.6 Å². The van der Waals surface area contributed by atoms with Crippen molar-refractivity contribution in [3.05, 3.63) is 75.6 Å². The molecule has 4 N–H and O–H groups in total. The normalized spacial score (nSPS) is 18.6. The molecule has 11 heteroatoms. The molecule has 2 atom stereocenters. The third-order valence-electron chi connectivity index (χ3n) is 5.45. The van der Waals surface area contributed by atoms with E-state index in [2.05, 4.69) is 21.1 Å². The largest absolute Gasteiger partial charge is 0.383 e. The molecule has 1 aliphatic carbocycles. The van der Waals surface area contributed by atoms with Crippen LogP contribution >= 0.6 is 22.9 Å². The number of rotatable bonds is 7. The standard InChI is InChI=1S/C22H21ClF2N4O2S2/c23-17-8-21(33(30,31)29-22-11-32-12-28-22)18(25)9-20(17)27-10-16-15(2-1-3-19(16)26)13-4-6-14(24)7-5-13/h2,4-9,11-12,16,19,27,29H,1,3,10,26H2/t16-,19-/m1/s1. The topological polar surface area (TPSA) is 97.1 Å². The fourth-order valence-corrected chi connectivity index (χ4v) is 5.73. The van der Waals surface area contributed by atoms with E-state index in [9.17, 15) is 17.2 Å². The van der Waals surface area contributed by atoms with E-state index in [4.69, 9.17) is 17.3 Å². The summed E-state index contributed by atoms with van der Waals surface area (Å²) < 4.78 is 55.4. The zero-order chi connectivity index (χ0) is 23.6. The van der Waals surface area contributed by atoms with Crippen LogP contribution in [0.15, 0.2) is 58.3 Å². The number of nitrogens with two attached hydrogens (primary N) is 1. The summed E-state index contributed by atoms with van der Waals surface area (Å²) in [6.45, 7) is 0.340. The van der Waals surface area contributed by atoms with Gasteiger partial charge in [-0.25, -0.2) is 22.2 Å². The number of nitrogens with zero attached hydrogens (tertiary/aromatic N) is 1. The molecular weight excluding hydrogens is 490 g/mol. The first-order valence-electron chi connectivity index (χ1n) is 10.1. The maximum atomic E-state index is 14.8. The van der Waals surface area contributed by atoms with E-state index in [1.54, 1.807) is 12.1 Å². The fraction of sp³-hybridized carbons (Fsp3) is 0.227. The van der Waals surface area contributed by atoms with Crippen LogP contribution in [0.1, 0.15) is 18.4 Å². The Morgan fingerprint density at radius 1 is 1.21 bits per heavy atom. The number of thiazole rings is 1. The van der Waals surface area contributed by atoms with Crippen LogP contribution in [0.5, 0.6) is 0 Å². The summed E-state index contributed by atoms with van der Waals surface area (Å²) >= 11 is 7.50. The predicted octanol–water partition coefficient (Wildman–Crippen LogP) is 5.11. The zero-order valence-corrected chi connectivity index (χ0v) is 19.7. The molecule has 0 saturated carbocycles. The van der Waals surface area contributed by atoms with Crippen LogP contribution in [-0.2, 0) is 10.0 Å². The van der Waals surface area contributed by atoms with Crippen LogP contribution < -0.4 is 15.8 Å². The molecule has 1 heterocycles. The van der Waals surface area contributed by atoms with Crippen molar-refractivity contribution in [1.82, 2.24) is 4.98 Å². The van der Waals surface area contributed by atoms with Crippen molar-refractivity contribution in [1.29, 1.82) is 0 Å². The number of benzene rings is 2. The second kappa shape index (κ2) is 9.76. The zero-order valence-electron chi connectivity index (χ0n) is 17.3. The summed E-state index contributed by atoms with van der Waals surface area (Å²) in [5.74, 6) is -1.30. The molecule has 33 heavy (non-hydrogen) atoms. The minimum atomic E-state index is -4.20. The van der Waals surface area contributed by atoms with Gasteiger partial charge in [0.2, 0.25) is 0 Å². The van der Waals surface area contributed by atoms with Gasteiger partial charge in [0.15, 0.2) is 5.82 Å². The maximum absolute atomic E-state index is 14.8. The molecule has 0 bridgehead atoms. The summed E-state index contributed by atoms with van der Waals surface area (Å²) in [6, 6.07) is 8.14. The van der Waals surface area contributed by atoms with Gasteiger partial charge in [0.05, 0.1) is 16.2 Å². The molecule has 0 spiro atoms. The highest BCUT2D eigenvalue weighted by atomic mass is 35.5. The van der Waals surface area contributed by atoms with Gasteiger partial charge in [-0.3, -0.25) is 4.72 Å². The lowest BCUT2D eigenvalue weighted by molar-refractivity contribution is 0.486. The Labute approximate surface area is 199 Å². The van der Waals surface area contributed by atoms with Crippen LogP contribution in [-0.4, -0.2) is 26.0 Å². The van der Waals surface area contributed by atoms with Gasteiger partial charge >= 0.3 is 0 Å². The number of nitrogens with one attached hydrogen (secondary N) is 2. The van der Waals surface area contributed by atoms with Gasteiger partial charge < -0.3 is 11.1 Å². The van der Waals surface area contributed by atoms with Crippen LogP contribution in [0.4, 0.5) is 20.3 Å². The first-order valence-corrected chi connectivity index (χ1v) is 12.9. The van der Waals surface area contributed by atoms with Crippen molar-refractivity contribution in [2.24, 2.45) is 11.7 Å². The number of hydrogen-bond donors (Lipinski definition) is 3. The van der Waals surface area contributed by atoms with Gasteiger partial charge in [0, 0.05) is 23.9 Å². The van der Waals surface area contributed by atoms with Crippen LogP contribution in [0.2, 0.25) is 5.02 Å².